The number of benzene rings is 1. The van der Waals surface area contributed by atoms with Gasteiger partial charge in [0, 0.05) is 17.9 Å². The second-order valence-corrected chi connectivity index (χ2v) is 7.30. The van der Waals surface area contributed by atoms with Crippen molar-refractivity contribution in [3.8, 4) is 0 Å². The molecule has 6 nitrogen and oxygen atoms in total. The quantitative estimate of drug-likeness (QED) is 0.770. The van der Waals surface area contributed by atoms with Gasteiger partial charge in [-0.15, -0.1) is 0 Å². The molecule has 4 rings (SSSR count). The Labute approximate surface area is 152 Å². The molecule has 0 saturated heterocycles. The zero-order chi connectivity index (χ0) is 18.3. The van der Waals surface area contributed by atoms with Gasteiger partial charge >= 0.3 is 0 Å². The molecule has 0 bridgehead atoms. The van der Waals surface area contributed by atoms with Gasteiger partial charge in [-0.05, 0) is 37.8 Å². The number of aryl methyl sites for hydroxylation is 3. The maximum Gasteiger partial charge on any atom is 0.225 e. The summed E-state index contributed by atoms with van der Waals surface area (Å²) in [7, 11) is 0. The lowest BCUT2D eigenvalue weighted by Crippen LogP contribution is -2.45. The topological polar surface area (TPSA) is 81.2 Å². The number of aromatic nitrogens is 2. The van der Waals surface area contributed by atoms with Gasteiger partial charge in [-0.3, -0.25) is 4.79 Å². The highest BCUT2D eigenvalue weighted by molar-refractivity contribution is 5.89. The van der Waals surface area contributed by atoms with Crippen LogP contribution in [0.25, 0.3) is 11.0 Å². The molecule has 0 atom stereocenters. The Bertz CT molecular complexity index is 964. The summed E-state index contributed by atoms with van der Waals surface area (Å²) < 4.78 is 10.9. The first-order valence-electron chi connectivity index (χ1n) is 9.07. The normalized spacial score (nSPS) is 16.3. The molecule has 0 spiro atoms. The molecular formula is C20H23N3O3. The maximum atomic E-state index is 12.8. The van der Waals surface area contributed by atoms with Gasteiger partial charge in [0.05, 0.1) is 12.7 Å². The first-order valence-corrected chi connectivity index (χ1v) is 9.07. The van der Waals surface area contributed by atoms with Crippen molar-refractivity contribution in [1.29, 1.82) is 0 Å². The van der Waals surface area contributed by atoms with E-state index < -0.39 is 5.54 Å². The molecule has 0 aliphatic heterocycles. The highest BCUT2D eigenvalue weighted by Crippen LogP contribution is 2.37. The molecule has 136 valence electrons. The molecule has 3 aromatic rings. The summed E-state index contributed by atoms with van der Waals surface area (Å²) in [5.41, 5.74) is 3.54. The van der Waals surface area contributed by atoms with Gasteiger partial charge in [0.15, 0.2) is 5.82 Å². The Balaban J connectivity index is 1.58. The van der Waals surface area contributed by atoms with Crippen molar-refractivity contribution in [3.63, 3.8) is 0 Å². The summed E-state index contributed by atoms with van der Waals surface area (Å²) in [4.78, 5) is 17.2. The molecule has 1 amide bonds. The largest absolute Gasteiger partial charge is 0.464 e. The summed E-state index contributed by atoms with van der Waals surface area (Å²) in [5.74, 6) is 1.06. The minimum absolute atomic E-state index is 0.0460. The summed E-state index contributed by atoms with van der Waals surface area (Å²) in [6, 6.07) is 4.09. The van der Waals surface area contributed by atoms with Crippen LogP contribution in [0.3, 0.4) is 0 Å². The van der Waals surface area contributed by atoms with E-state index in [1.807, 2.05) is 13.0 Å². The molecule has 1 saturated carbocycles. The molecule has 1 fully saturated rings. The number of hydrogen-bond donors (Lipinski definition) is 1. The Kier molecular flexibility index (Phi) is 4.05. The van der Waals surface area contributed by atoms with Gasteiger partial charge in [-0.25, -0.2) is 0 Å². The van der Waals surface area contributed by atoms with Crippen LogP contribution in [0.5, 0.6) is 0 Å². The van der Waals surface area contributed by atoms with Gasteiger partial charge in [0.2, 0.25) is 11.8 Å². The van der Waals surface area contributed by atoms with Gasteiger partial charge in [-0.2, -0.15) is 4.98 Å². The fourth-order valence-electron chi connectivity index (χ4n) is 3.89. The van der Waals surface area contributed by atoms with Crippen LogP contribution in [0.1, 0.15) is 54.1 Å². The van der Waals surface area contributed by atoms with Gasteiger partial charge in [0.25, 0.3) is 0 Å². The Morgan fingerprint density at radius 2 is 2.00 bits per heavy atom. The molecule has 2 heterocycles. The second kappa shape index (κ2) is 6.27. The van der Waals surface area contributed by atoms with Gasteiger partial charge < -0.3 is 14.3 Å². The number of hydrogen-bond acceptors (Lipinski definition) is 5. The van der Waals surface area contributed by atoms with Crippen LogP contribution in [0, 0.1) is 20.8 Å². The molecule has 1 N–H and O–H groups in total. The number of carbonyl (C=O) groups excluding carboxylic acids is 1. The summed E-state index contributed by atoms with van der Waals surface area (Å²) in [5, 5.41) is 8.26. The van der Waals surface area contributed by atoms with Gasteiger partial charge in [-0.1, -0.05) is 30.1 Å². The fraction of sp³-hybridized carbons (Fsp3) is 0.450. The van der Waals surface area contributed by atoms with E-state index in [0.29, 0.717) is 11.7 Å². The van der Waals surface area contributed by atoms with E-state index in [1.165, 1.54) is 5.56 Å². The van der Waals surface area contributed by atoms with E-state index in [-0.39, 0.29) is 12.3 Å². The van der Waals surface area contributed by atoms with Crippen LogP contribution in [0.2, 0.25) is 0 Å². The predicted octanol–water partition coefficient (Wildman–Crippen LogP) is 3.87. The third-order valence-electron chi connectivity index (χ3n) is 5.48. The average molecular weight is 353 g/mol. The SMILES string of the molecule is Cc1nc(C2(NC(=O)Cc3coc4c(C)c(C)ccc34)CCCC2)no1. The van der Waals surface area contributed by atoms with Crippen LogP contribution in [-0.2, 0) is 16.8 Å². The number of furan rings is 1. The van der Waals surface area contributed by atoms with Crippen LogP contribution >= 0.6 is 0 Å². The first kappa shape index (κ1) is 16.8. The van der Waals surface area contributed by atoms with E-state index in [9.17, 15) is 4.79 Å². The van der Waals surface area contributed by atoms with Crippen LogP contribution in [0.15, 0.2) is 27.3 Å². The van der Waals surface area contributed by atoms with E-state index in [0.717, 1.165) is 47.8 Å². The highest BCUT2D eigenvalue weighted by atomic mass is 16.5. The van der Waals surface area contributed by atoms with Crippen molar-refractivity contribution in [2.45, 2.75) is 58.4 Å². The van der Waals surface area contributed by atoms with Crippen molar-refractivity contribution in [2.75, 3.05) is 0 Å². The predicted molar refractivity (Wildman–Crippen MR) is 96.7 cm³/mol. The number of carbonyl (C=O) groups is 1. The number of rotatable bonds is 4. The second-order valence-electron chi connectivity index (χ2n) is 7.30. The van der Waals surface area contributed by atoms with Crippen LogP contribution < -0.4 is 5.32 Å². The van der Waals surface area contributed by atoms with Crippen molar-refractivity contribution in [1.82, 2.24) is 15.5 Å². The molecule has 26 heavy (non-hydrogen) atoms. The third kappa shape index (κ3) is 2.79. The van der Waals surface area contributed by atoms with E-state index in [1.54, 1.807) is 13.2 Å². The highest BCUT2D eigenvalue weighted by Gasteiger charge is 2.41. The summed E-state index contributed by atoms with van der Waals surface area (Å²) in [6.07, 6.45) is 5.72. The molecule has 2 aromatic heterocycles. The number of amides is 1. The molecule has 0 radical (unpaired) electrons. The maximum absolute atomic E-state index is 12.8. The zero-order valence-electron chi connectivity index (χ0n) is 15.4. The monoisotopic (exact) mass is 353 g/mol. The first-order chi connectivity index (χ1) is 12.5. The fourth-order valence-corrected chi connectivity index (χ4v) is 3.89. The van der Waals surface area contributed by atoms with E-state index >= 15 is 0 Å². The van der Waals surface area contributed by atoms with Crippen molar-refractivity contribution in [3.05, 3.63) is 46.8 Å². The lowest BCUT2D eigenvalue weighted by atomic mass is 9.95. The van der Waals surface area contributed by atoms with Crippen molar-refractivity contribution >= 4 is 16.9 Å². The zero-order valence-corrected chi connectivity index (χ0v) is 15.4. The number of nitrogens with zero attached hydrogens (tertiary/aromatic N) is 2. The lowest BCUT2D eigenvalue weighted by molar-refractivity contribution is -0.122. The average Bonchev–Trinajstić information content (AvgIpc) is 3.32. The van der Waals surface area contributed by atoms with E-state index in [2.05, 4.69) is 28.4 Å². The van der Waals surface area contributed by atoms with E-state index in [4.69, 9.17) is 8.94 Å². The molecule has 0 unspecified atom stereocenters. The standard InChI is InChI=1S/C20H23N3O3/c1-12-6-7-16-15(11-25-18(16)13(12)2)10-17(24)22-20(8-4-5-9-20)19-21-14(3)26-23-19/h6-7,11H,4-5,8-10H2,1-3H3,(H,22,24). The Morgan fingerprint density at radius 1 is 1.23 bits per heavy atom. The molecule has 1 aromatic carbocycles. The number of nitrogens with one attached hydrogen (secondary N) is 1. The molecular weight excluding hydrogens is 330 g/mol. The molecule has 1 aliphatic carbocycles. The van der Waals surface area contributed by atoms with Crippen molar-refractivity contribution in [2.24, 2.45) is 0 Å². The van der Waals surface area contributed by atoms with Crippen LogP contribution in [0.4, 0.5) is 0 Å². The smallest absolute Gasteiger partial charge is 0.225 e. The minimum Gasteiger partial charge on any atom is -0.464 e. The summed E-state index contributed by atoms with van der Waals surface area (Å²) in [6.45, 7) is 5.86. The molecule has 6 heteroatoms. The summed E-state index contributed by atoms with van der Waals surface area (Å²) >= 11 is 0. The minimum atomic E-state index is -0.513. The van der Waals surface area contributed by atoms with Crippen molar-refractivity contribution < 1.29 is 13.7 Å². The van der Waals surface area contributed by atoms with Gasteiger partial charge in [0.1, 0.15) is 11.1 Å². The van der Waals surface area contributed by atoms with Crippen LogP contribution in [-0.4, -0.2) is 16.0 Å². The lowest BCUT2D eigenvalue weighted by Gasteiger charge is -2.26. The molecule has 1 aliphatic rings. The third-order valence-corrected chi connectivity index (χ3v) is 5.48. The Hall–Kier alpha value is -2.63. The Morgan fingerprint density at radius 3 is 2.69 bits per heavy atom. The number of fused-ring (bicyclic) bond motifs is 1.